The van der Waals surface area contributed by atoms with Gasteiger partial charge in [0.2, 0.25) is 5.89 Å². The van der Waals surface area contributed by atoms with E-state index in [1.54, 1.807) is 0 Å². The molecule has 3 heterocycles. The highest BCUT2D eigenvalue weighted by atomic mass is 35.5. The van der Waals surface area contributed by atoms with Gasteiger partial charge in [0.25, 0.3) is 5.91 Å². The molecule has 4 rings (SSSR count). The van der Waals surface area contributed by atoms with Gasteiger partial charge in [-0.2, -0.15) is 31.4 Å². The SMILES string of the molecule is Cn1nc(C(F)(F)F)cc1C(N)=O.FC(F)(F)c1cc(-c2nc3c(o2)CCCC3)c(Cl)cn1. The number of rotatable bonds is 2. The Bertz CT molecular complexity index is 1150. The normalized spacial score (nSPS) is 13.8. The lowest BCUT2D eigenvalue weighted by Crippen LogP contribution is -2.15. The Morgan fingerprint density at radius 3 is 2.24 bits per heavy atom. The van der Waals surface area contributed by atoms with E-state index in [0.717, 1.165) is 54.1 Å². The van der Waals surface area contributed by atoms with Gasteiger partial charge in [-0.15, -0.1) is 0 Å². The number of carbonyl (C=O) groups is 1. The van der Waals surface area contributed by atoms with Crippen LogP contribution in [0.4, 0.5) is 26.3 Å². The van der Waals surface area contributed by atoms with E-state index in [-0.39, 0.29) is 22.2 Å². The van der Waals surface area contributed by atoms with E-state index in [1.807, 2.05) is 0 Å². The van der Waals surface area contributed by atoms with Crippen LogP contribution in [0.5, 0.6) is 0 Å². The number of pyridine rings is 1. The van der Waals surface area contributed by atoms with Crippen LogP contribution in [0.2, 0.25) is 5.02 Å². The number of aromatic nitrogens is 4. The van der Waals surface area contributed by atoms with Gasteiger partial charge >= 0.3 is 12.4 Å². The number of nitrogens with two attached hydrogens (primary N) is 1. The maximum absolute atomic E-state index is 12.7. The van der Waals surface area contributed by atoms with Gasteiger partial charge in [-0.1, -0.05) is 11.6 Å². The summed E-state index contributed by atoms with van der Waals surface area (Å²) in [5.74, 6) is -0.0620. The molecule has 0 aliphatic heterocycles. The number of amides is 1. The molecule has 0 aromatic carbocycles. The van der Waals surface area contributed by atoms with Crippen molar-refractivity contribution in [3.8, 4) is 11.5 Å². The third-order valence-corrected chi connectivity index (χ3v) is 4.95. The lowest BCUT2D eigenvalue weighted by atomic mass is 10.0. The summed E-state index contributed by atoms with van der Waals surface area (Å²) in [5, 5.41) is 3.19. The fraction of sp³-hybridized carbons (Fsp3) is 0.368. The molecule has 0 fully saturated rings. The number of fused-ring (bicyclic) bond motifs is 1. The zero-order valence-electron chi connectivity index (χ0n) is 16.9. The van der Waals surface area contributed by atoms with E-state index in [1.165, 1.54) is 7.05 Å². The van der Waals surface area contributed by atoms with Crippen molar-refractivity contribution >= 4 is 17.5 Å². The van der Waals surface area contributed by atoms with Crippen molar-refractivity contribution in [3.63, 3.8) is 0 Å². The third kappa shape index (κ3) is 5.64. The lowest BCUT2D eigenvalue weighted by Gasteiger charge is -2.07. The Balaban J connectivity index is 0.000000205. The van der Waals surface area contributed by atoms with Crippen molar-refractivity contribution in [1.29, 1.82) is 0 Å². The first-order valence-corrected chi connectivity index (χ1v) is 9.78. The summed E-state index contributed by atoms with van der Waals surface area (Å²) in [7, 11) is 1.22. The van der Waals surface area contributed by atoms with Crippen molar-refractivity contribution in [2.24, 2.45) is 12.8 Å². The number of primary amides is 1. The molecule has 0 saturated carbocycles. The summed E-state index contributed by atoms with van der Waals surface area (Å²) in [4.78, 5) is 18.1. The average molecular weight is 496 g/mol. The molecule has 178 valence electrons. The van der Waals surface area contributed by atoms with Gasteiger partial charge in [-0.3, -0.25) is 14.5 Å². The van der Waals surface area contributed by atoms with Crippen molar-refractivity contribution in [3.05, 3.63) is 51.9 Å². The predicted octanol–water partition coefficient (Wildman–Crippen LogP) is 4.83. The van der Waals surface area contributed by atoms with Gasteiger partial charge in [0, 0.05) is 25.7 Å². The second-order valence-corrected chi connectivity index (χ2v) is 7.45. The molecule has 0 atom stereocenters. The maximum atomic E-state index is 12.7. The number of hydrogen-bond acceptors (Lipinski definition) is 5. The first-order valence-electron chi connectivity index (χ1n) is 9.40. The molecule has 1 amide bonds. The Hall–Kier alpha value is -3.09. The third-order valence-electron chi connectivity index (χ3n) is 4.64. The van der Waals surface area contributed by atoms with Crippen LogP contribution < -0.4 is 5.73 Å². The van der Waals surface area contributed by atoms with Crippen LogP contribution in [0, 0.1) is 0 Å². The molecule has 0 spiro atoms. The standard InChI is InChI=1S/C13H10ClF3N2O.C6H6F3N3O/c14-8-6-18-11(13(15,16)17)5-7(8)12-19-9-3-1-2-4-10(9)20-12;1-12-3(5(10)13)2-4(11-12)6(7,8)9/h5-6H,1-4H2;2H,1H3,(H2,10,13). The molecule has 7 nitrogen and oxygen atoms in total. The zero-order chi connectivity index (χ0) is 24.6. The van der Waals surface area contributed by atoms with Crippen LogP contribution in [-0.2, 0) is 32.2 Å². The summed E-state index contributed by atoms with van der Waals surface area (Å²) in [5.41, 5.74) is 3.35. The van der Waals surface area contributed by atoms with Gasteiger partial charge in [0.15, 0.2) is 5.69 Å². The van der Waals surface area contributed by atoms with E-state index in [9.17, 15) is 31.1 Å². The van der Waals surface area contributed by atoms with Crippen molar-refractivity contribution in [2.75, 3.05) is 0 Å². The summed E-state index contributed by atoms with van der Waals surface area (Å²) in [6.07, 6.45) is -4.54. The largest absolute Gasteiger partial charge is 0.441 e. The van der Waals surface area contributed by atoms with Gasteiger partial charge in [0.05, 0.1) is 16.3 Å². The van der Waals surface area contributed by atoms with Crippen LogP contribution in [-0.4, -0.2) is 25.7 Å². The highest BCUT2D eigenvalue weighted by Gasteiger charge is 2.35. The number of aryl methyl sites for hydroxylation is 3. The summed E-state index contributed by atoms with van der Waals surface area (Å²) < 4.78 is 80.5. The molecular formula is C19H16ClF6N5O2. The van der Waals surface area contributed by atoms with Crippen LogP contribution in [0.3, 0.4) is 0 Å². The first-order chi connectivity index (χ1) is 15.3. The fourth-order valence-corrected chi connectivity index (χ4v) is 3.25. The summed E-state index contributed by atoms with van der Waals surface area (Å²) in [6.45, 7) is 0. The minimum absolute atomic E-state index is 0.0941. The van der Waals surface area contributed by atoms with Crippen molar-refractivity contribution in [1.82, 2.24) is 19.7 Å². The fourth-order valence-electron chi connectivity index (χ4n) is 3.06. The van der Waals surface area contributed by atoms with E-state index in [2.05, 4.69) is 15.1 Å². The highest BCUT2D eigenvalue weighted by Crippen LogP contribution is 2.35. The molecule has 1 aliphatic rings. The first kappa shape index (κ1) is 24.6. The number of hydrogen-bond donors (Lipinski definition) is 1. The molecular weight excluding hydrogens is 480 g/mol. The quantitative estimate of drug-likeness (QED) is 0.514. The average Bonchev–Trinajstić information content (AvgIpc) is 3.31. The number of alkyl halides is 6. The van der Waals surface area contributed by atoms with E-state index in [4.69, 9.17) is 21.8 Å². The summed E-state index contributed by atoms with van der Waals surface area (Å²) >= 11 is 5.91. The van der Waals surface area contributed by atoms with Gasteiger partial charge in [-0.25, -0.2) is 4.98 Å². The minimum Gasteiger partial charge on any atom is -0.441 e. The van der Waals surface area contributed by atoms with Crippen LogP contribution in [0.15, 0.2) is 22.7 Å². The van der Waals surface area contributed by atoms with Crippen molar-refractivity contribution in [2.45, 2.75) is 38.0 Å². The summed E-state index contributed by atoms with van der Waals surface area (Å²) in [6, 6.07) is 1.49. The molecule has 2 N–H and O–H groups in total. The smallest absolute Gasteiger partial charge is 0.435 e. The Morgan fingerprint density at radius 1 is 1.09 bits per heavy atom. The number of oxazole rings is 1. The second-order valence-electron chi connectivity index (χ2n) is 7.04. The van der Waals surface area contributed by atoms with Gasteiger partial charge in [-0.05, 0) is 25.3 Å². The molecule has 3 aromatic rings. The van der Waals surface area contributed by atoms with Crippen LogP contribution >= 0.6 is 11.6 Å². The van der Waals surface area contributed by atoms with E-state index < -0.39 is 29.6 Å². The Morgan fingerprint density at radius 2 is 1.73 bits per heavy atom. The highest BCUT2D eigenvalue weighted by molar-refractivity contribution is 6.33. The topological polar surface area (TPSA) is 99.8 Å². The molecule has 0 bridgehead atoms. The number of halogens is 7. The molecule has 0 radical (unpaired) electrons. The van der Waals surface area contributed by atoms with Gasteiger partial charge in [0.1, 0.15) is 17.1 Å². The van der Waals surface area contributed by atoms with Gasteiger partial charge < -0.3 is 10.2 Å². The molecule has 1 aliphatic carbocycles. The maximum Gasteiger partial charge on any atom is 0.435 e. The molecule has 14 heteroatoms. The van der Waals surface area contributed by atoms with Crippen LogP contribution in [0.25, 0.3) is 11.5 Å². The van der Waals surface area contributed by atoms with Crippen LogP contribution in [0.1, 0.15) is 46.2 Å². The number of nitrogens with zero attached hydrogens (tertiary/aromatic N) is 4. The lowest BCUT2D eigenvalue weighted by molar-refractivity contribution is -0.142. The monoisotopic (exact) mass is 495 g/mol. The Labute approximate surface area is 187 Å². The molecule has 3 aromatic heterocycles. The molecule has 33 heavy (non-hydrogen) atoms. The number of carbonyl (C=O) groups excluding carboxylic acids is 1. The Kier molecular flexibility index (Phi) is 6.73. The zero-order valence-corrected chi connectivity index (χ0v) is 17.6. The second kappa shape index (κ2) is 9.04. The van der Waals surface area contributed by atoms with Crippen molar-refractivity contribution < 1.29 is 35.6 Å². The molecule has 0 unspecified atom stereocenters. The van der Waals surface area contributed by atoms with E-state index >= 15 is 0 Å². The predicted molar refractivity (Wildman–Crippen MR) is 103 cm³/mol. The van der Waals surface area contributed by atoms with E-state index in [0.29, 0.717) is 6.07 Å². The minimum atomic E-state index is -4.55. The molecule has 0 saturated heterocycles.